The topological polar surface area (TPSA) is 67.1 Å². The molecule has 0 saturated heterocycles. The van der Waals surface area contributed by atoms with E-state index >= 15 is 0 Å². The molecule has 1 N–H and O–H groups in total. The average molecular weight is 323 g/mol. The predicted octanol–water partition coefficient (Wildman–Crippen LogP) is 2.62. The summed E-state index contributed by atoms with van der Waals surface area (Å²) >= 11 is 3.25. The van der Waals surface area contributed by atoms with Crippen LogP contribution in [0.2, 0.25) is 0 Å². The minimum atomic E-state index is 0.326. The Morgan fingerprint density at radius 1 is 1.33 bits per heavy atom. The van der Waals surface area contributed by atoms with E-state index in [0.29, 0.717) is 11.9 Å². The van der Waals surface area contributed by atoms with E-state index in [-0.39, 0.29) is 0 Å². The largest absolute Gasteiger partial charge is 0.354 e. The molecule has 21 heavy (non-hydrogen) atoms. The molecule has 0 aliphatic heterocycles. The number of likely N-dealkylation sites (N-methyl/N-ethyl adjacent to an activating group) is 1. The van der Waals surface area contributed by atoms with E-state index in [9.17, 15) is 0 Å². The first-order valence-corrected chi connectivity index (χ1v) is 8.28. The average Bonchev–Trinajstić information content (AvgIpc) is 3.10. The predicted molar refractivity (Wildman–Crippen MR) is 87.3 cm³/mol. The van der Waals surface area contributed by atoms with E-state index in [2.05, 4.69) is 33.4 Å². The lowest BCUT2D eigenvalue weighted by atomic mass is 10.2. The maximum atomic E-state index is 5.36. The SMILES string of the molecule is CNC(C)Cc1noc(-c2cc3sc(N(C)C)nc3s2)n1. The number of fused-ring (bicyclic) bond motifs is 1. The third-order valence-corrected chi connectivity index (χ3v) is 5.44. The van der Waals surface area contributed by atoms with Crippen molar-refractivity contribution in [3.05, 3.63) is 11.9 Å². The van der Waals surface area contributed by atoms with E-state index in [1.165, 1.54) is 0 Å². The number of thiazole rings is 1. The van der Waals surface area contributed by atoms with Crippen LogP contribution in [0.5, 0.6) is 0 Å². The van der Waals surface area contributed by atoms with Crippen molar-refractivity contribution < 1.29 is 4.52 Å². The third-order valence-electron chi connectivity index (χ3n) is 3.12. The second-order valence-corrected chi connectivity index (χ2v) is 7.12. The first kappa shape index (κ1) is 14.4. The van der Waals surface area contributed by atoms with Crippen LogP contribution < -0.4 is 10.2 Å². The number of nitrogens with one attached hydrogen (secondary N) is 1. The van der Waals surface area contributed by atoms with Gasteiger partial charge in [-0.15, -0.1) is 11.3 Å². The van der Waals surface area contributed by atoms with Crippen molar-refractivity contribution in [3.63, 3.8) is 0 Å². The molecule has 8 heteroatoms. The van der Waals surface area contributed by atoms with Gasteiger partial charge >= 0.3 is 0 Å². The van der Waals surface area contributed by atoms with Crippen molar-refractivity contribution in [2.24, 2.45) is 0 Å². The van der Waals surface area contributed by atoms with Gasteiger partial charge in [-0.05, 0) is 20.0 Å². The summed E-state index contributed by atoms with van der Waals surface area (Å²) in [6.45, 7) is 2.09. The molecule has 0 radical (unpaired) electrons. The molecule has 3 heterocycles. The lowest BCUT2D eigenvalue weighted by Crippen LogP contribution is -2.24. The molecular weight excluding hydrogens is 306 g/mol. The van der Waals surface area contributed by atoms with Gasteiger partial charge < -0.3 is 14.7 Å². The highest BCUT2D eigenvalue weighted by Crippen LogP contribution is 2.37. The Hall–Kier alpha value is -1.51. The highest BCUT2D eigenvalue weighted by atomic mass is 32.1. The van der Waals surface area contributed by atoms with Crippen LogP contribution in [0.25, 0.3) is 20.3 Å². The molecule has 3 aromatic rings. The van der Waals surface area contributed by atoms with Crippen LogP contribution in [-0.4, -0.2) is 42.3 Å². The summed E-state index contributed by atoms with van der Waals surface area (Å²) in [7, 11) is 5.92. The number of rotatable bonds is 5. The smallest absolute Gasteiger partial charge is 0.268 e. The Morgan fingerprint density at radius 3 is 2.81 bits per heavy atom. The van der Waals surface area contributed by atoms with Gasteiger partial charge in [-0.2, -0.15) is 4.98 Å². The summed E-state index contributed by atoms with van der Waals surface area (Å²) in [5.74, 6) is 1.31. The summed E-state index contributed by atoms with van der Waals surface area (Å²) in [4.78, 5) is 13.1. The molecule has 3 aromatic heterocycles. The van der Waals surface area contributed by atoms with Crippen LogP contribution >= 0.6 is 22.7 Å². The van der Waals surface area contributed by atoms with E-state index in [4.69, 9.17) is 4.52 Å². The zero-order chi connectivity index (χ0) is 15.0. The van der Waals surface area contributed by atoms with Crippen molar-refractivity contribution in [1.29, 1.82) is 0 Å². The summed E-state index contributed by atoms with van der Waals surface area (Å²) in [5, 5.41) is 8.21. The molecule has 0 aromatic carbocycles. The molecule has 1 atom stereocenters. The molecule has 1 unspecified atom stereocenters. The van der Waals surface area contributed by atoms with Crippen LogP contribution in [0.3, 0.4) is 0 Å². The molecule has 0 spiro atoms. The summed E-state index contributed by atoms with van der Waals surface area (Å²) < 4.78 is 6.52. The number of thiophene rings is 1. The zero-order valence-corrected chi connectivity index (χ0v) is 14.0. The third kappa shape index (κ3) is 2.92. The van der Waals surface area contributed by atoms with Gasteiger partial charge in [0.2, 0.25) is 0 Å². The zero-order valence-electron chi connectivity index (χ0n) is 12.4. The fourth-order valence-electron chi connectivity index (χ4n) is 1.83. The van der Waals surface area contributed by atoms with Gasteiger partial charge in [0, 0.05) is 26.6 Å². The first-order chi connectivity index (χ1) is 10.1. The Morgan fingerprint density at radius 2 is 2.14 bits per heavy atom. The minimum absolute atomic E-state index is 0.326. The number of hydrogen-bond acceptors (Lipinski definition) is 8. The molecule has 6 nitrogen and oxygen atoms in total. The van der Waals surface area contributed by atoms with Gasteiger partial charge in [-0.1, -0.05) is 16.5 Å². The van der Waals surface area contributed by atoms with Crippen LogP contribution in [0.15, 0.2) is 10.6 Å². The summed E-state index contributed by atoms with van der Waals surface area (Å²) in [6.07, 6.45) is 0.753. The van der Waals surface area contributed by atoms with Crippen LogP contribution in [-0.2, 0) is 6.42 Å². The van der Waals surface area contributed by atoms with Crippen LogP contribution in [0.4, 0.5) is 5.13 Å². The summed E-state index contributed by atoms with van der Waals surface area (Å²) in [5.41, 5.74) is 0. The molecule has 0 aliphatic carbocycles. The van der Waals surface area contributed by atoms with E-state index in [1.54, 1.807) is 22.7 Å². The van der Waals surface area contributed by atoms with Crippen LogP contribution in [0.1, 0.15) is 12.7 Å². The number of anilines is 1. The normalized spacial score (nSPS) is 13.0. The van der Waals surface area contributed by atoms with Gasteiger partial charge in [-0.3, -0.25) is 0 Å². The molecule has 0 aliphatic rings. The second-order valence-electron chi connectivity index (χ2n) is 5.08. The van der Waals surface area contributed by atoms with E-state index in [1.807, 2.05) is 26.0 Å². The minimum Gasteiger partial charge on any atom is -0.354 e. The van der Waals surface area contributed by atoms with Gasteiger partial charge in [0.05, 0.1) is 9.58 Å². The Kier molecular flexibility index (Phi) is 3.92. The Bertz CT molecular complexity index is 713. The van der Waals surface area contributed by atoms with Crippen molar-refractivity contribution in [2.75, 3.05) is 26.0 Å². The molecule has 0 amide bonds. The molecule has 0 bridgehead atoms. The van der Waals surface area contributed by atoms with Crippen LogP contribution in [0, 0.1) is 0 Å². The van der Waals surface area contributed by atoms with Crippen molar-refractivity contribution >= 4 is 37.3 Å². The maximum Gasteiger partial charge on any atom is 0.268 e. The standard InChI is InChI=1S/C13H17N5OS2/c1-7(14-2)5-10-15-11(19-17-10)8-6-9-12(20-8)16-13(21-9)18(3)4/h6-7,14H,5H2,1-4H3. The highest BCUT2D eigenvalue weighted by molar-refractivity contribution is 7.30. The maximum absolute atomic E-state index is 5.36. The fraction of sp³-hybridized carbons (Fsp3) is 0.462. The monoisotopic (exact) mass is 323 g/mol. The van der Waals surface area contributed by atoms with Gasteiger partial charge in [0.1, 0.15) is 4.83 Å². The van der Waals surface area contributed by atoms with Crippen molar-refractivity contribution in [2.45, 2.75) is 19.4 Å². The first-order valence-electron chi connectivity index (χ1n) is 6.64. The summed E-state index contributed by atoms with van der Waals surface area (Å²) in [6, 6.07) is 2.40. The van der Waals surface area contributed by atoms with Gasteiger partial charge in [0.15, 0.2) is 11.0 Å². The highest BCUT2D eigenvalue weighted by Gasteiger charge is 2.16. The molecule has 0 saturated carbocycles. The second kappa shape index (κ2) is 5.70. The quantitative estimate of drug-likeness (QED) is 0.778. The fourth-order valence-corrected chi connectivity index (χ4v) is 3.89. The number of aromatic nitrogens is 3. The number of nitrogens with zero attached hydrogens (tertiary/aromatic N) is 4. The van der Waals surface area contributed by atoms with E-state index in [0.717, 1.165) is 31.8 Å². The van der Waals surface area contributed by atoms with E-state index < -0.39 is 0 Å². The molecule has 3 rings (SSSR count). The van der Waals surface area contributed by atoms with Gasteiger partial charge in [-0.25, -0.2) is 4.98 Å². The lowest BCUT2D eigenvalue weighted by Gasteiger charge is -2.04. The number of hydrogen-bond donors (Lipinski definition) is 1. The lowest BCUT2D eigenvalue weighted by molar-refractivity contribution is 0.419. The van der Waals surface area contributed by atoms with Crippen molar-refractivity contribution in [3.8, 4) is 10.8 Å². The Balaban J connectivity index is 1.85. The molecule has 112 valence electrons. The van der Waals surface area contributed by atoms with Crippen molar-refractivity contribution in [1.82, 2.24) is 20.4 Å². The molecule has 0 fully saturated rings. The Labute approximate surface area is 130 Å². The molecular formula is C13H17N5OS2. The van der Waals surface area contributed by atoms with Gasteiger partial charge in [0.25, 0.3) is 5.89 Å².